The van der Waals surface area contributed by atoms with E-state index in [-0.39, 0.29) is 35.5 Å². The van der Waals surface area contributed by atoms with Crippen molar-refractivity contribution < 1.29 is 42.5 Å². The zero-order chi connectivity index (χ0) is 9.07. The van der Waals surface area contributed by atoms with Gasteiger partial charge in [0.05, 0.1) is 16.3 Å². The van der Waals surface area contributed by atoms with Crippen molar-refractivity contribution >= 4 is 10.1 Å². The largest absolute Gasteiger partial charge is 1.00 e. The standard InChI is InChI=1S/C5H14N2O3S.Na/c1-4(2-5(6)7)3-11(8,9)10;/h4-5H,2-3,6-7H2,1H3,(H,8,9,10);/q;+1/p-1. The van der Waals surface area contributed by atoms with E-state index in [1.165, 1.54) is 0 Å². The Labute approximate surface area is 94.9 Å². The molecule has 0 fully saturated rings. The molecule has 0 rings (SSSR count). The molecule has 0 saturated heterocycles. The van der Waals surface area contributed by atoms with Gasteiger partial charge in [0.2, 0.25) is 0 Å². The van der Waals surface area contributed by atoms with Gasteiger partial charge in [0.25, 0.3) is 0 Å². The summed E-state index contributed by atoms with van der Waals surface area (Å²) in [6, 6.07) is 0. The van der Waals surface area contributed by atoms with E-state index in [4.69, 9.17) is 11.5 Å². The number of hydrogen-bond acceptors (Lipinski definition) is 5. The van der Waals surface area contributed by atoms with Crippen LogP contribution in [0.4, 0.5) is 0 Å². The summed E-state index contributed by atoms with van der Waals surface area (Å²) < 4.78 is 30.6. The molecule has 0 bridgehead atoms. The molecule has 12 heavy (non-hydrogen) atoms. The van der Waals surface area contributed by atoms with Gasteiger partial charge in [-0.2, -0.15) is 0 Å². The van der Waals surface area contributed by atoms with Crippen LogP contribution in [-0.2, 0) is 10.1 Å². The molecule has 0 aliphatic rings. The summed E-state index contributed by atoms with van der Waals surface area (Å²) in [4.78, 5) is 0. The van der Waals surface area contributed by atoms with Crippen LogP contribution in [0.5, 0.6) is 0 Å². The fourth-order valence-corrected chi connectivity index (χ4v) is 1.71. The van der Waals surface area contributed by atoms with Crippen LogP contribution in [0.3, 0.4) is 0 Å². The van der Waals surface area contributed by atoms with Crippen LogP contribution in [0.2, 0.25) is 0 Å². The Hall–Kier alpha value is 0.830. The minimum absolute atomic E-state index is 0. The molecule has 0 aromatic carbocycles. The number of hydrogen-bond donors (Lipinski definition) is 2. The molecule has 0 aromatic heterocycles. The molecule has 7 heteroatoms. The maximum Gasteiger partial charge on any atom is 1.00 e. The Bertz CT molecular complexity index is 205. The molecule has 68 valence electrons. The van der Waals surface area contributed by atoms with Crippen LogP contribution in [0.15, 0.2) is 0 Å². The molecule has 0 aromatic rings. The Morgan fingerprint density at radius 3 is 2.08 bits per heavy atom. The first kappa shape index (κ1) is 15.3. The molecule has 1 unspecified atom stereocenters. The van der Waals surface area contributed by atoms with Gasteiger partial charge in [0.1, 0.15) is 0 Å². The molecule has 0 aliphatic heterocycles. The van der Waals surface area contributed by atoms with Gasteiger partial charge in [-0.15, -0.1) is 0 Å². The van der Waals surface area contributed by atoms with Crippen LogP contribution >= 0.6 is 0 Å². The van der Waals surface area contributed by atoms with E-state index >= 15 is 0 Å². The van der Waals surface area contributed by atoms with Crippen molar-refractivity contribution in [2.75, 3.05) is 5.75 Å². The third-order valence-electron chi connectivity index (χ3n) is 1.16. The number of nitrogens with two attached hydrogens (primary N) is 2. The minimum Gasteiger partial charge on any atom is -0.748 e. The summed E-state index contributed by atoms with van der Waals surface area (Å²) >= 11 is 0. The van der Waals surface area contributed by atoms with Crippen molar-refractivity contribution in [3.63, 3.8) is 0 Å². The summed E-state index contributed by atoms with van der Waals surface area (Å²) in [6.45, 7) is 1.63. The maximum atomic E-state index is 10.2. The summed E-state index contributed by atoms with van der Waals surface area (Å²) in [5.41, 5.74) is 10.4. The quantitative estimate of drug-likeness (QED) is 0.274. The molecule has 0 amide bonds. The average molecular weight is 204 g/mol. The van der Waals surface area contributed by atoms with Gasteiger partial charge in [0, 0.05) is 5.75 Å². The van der Waals surface area contributed by atoms with Crippen LogP contribution in [0, 0.1) is 5.92 Å². The predicted molar refractivity (Wildman–Crippen MR) is 40.5 cm³/mol. The van der Waals surface area contributed by atoms with Gasteiger partial charge in [-0.1, -0.05) is 6.92 Å². The predicted octanol–water partition coefficient (Wildman–Crippen LogP) is -4.19. The second-order valence-electron chi connectivity index (χ2n) is 2.73. The van der Waals surface area contributed by atoms with Gasteiger partial charge in [-0.25, -0.2) is 8.42 Å². The van der Waals surface area contributed by atoms with E-state index in [0.29, 0.717) is 6.42 Å². The minimum atomic E-state index is -4.13. The van der Waals surface area contributed by atoms with Gasteiger partial charge < -0.3 is 16.0 Å². The second kappa shape index (κ2) is 6.31. The summed E-state index contributed by atoms with van der Waals surface area (Å²) in [5, 5.41) is 0. The molecule has 0 saturated carbocycles. The fourth-order valence-electron chi connectivity index (χ4n) is 0.881. The monoisotopic (exact) mass is 204 g/mol. The van der Waals surface area contributed by atoms with E-state index in [1.54, 1.807) is 6.92 Å². The van der Waals surface area contributed by atoms with Crippen LogP contribution in [0.25, 0.3) is 0 Å². The normalized spacial score (nSPS) is 14.1. The topological polar surface area (TPSA) is 109 Å². The molecule has 1 atom stereocenters. The third kappa shape index (κ3) is 10.8. The van der Waals surface area contributed by atoms with Crippen molar-refractivity contribution in [2.24, 2.45) is 17.4 Å². The van der Waals surface area contributed by atoms with E-state index in [1.807, 2.05) is 0 Å². The van der Waals surface area contributed by atoms with Crippen molar-refractivity contribution in [3.05, 3.63) is 0 Å². The fraction of sp³-hybridized carbons (Fsp3) is 1.00. The molecule has 0 aliphatic carbocycles. The van der Waals surface area contributed by atoms with Crippen molar-refractivity contribution in [2.45, 2.75) is 19.5 Å². The van der Waals surface area contributed by atoms with Crippen molar-refractivity contribution in [1.82, 2.24) is 0 Å². The average Bonchev–Trinajstić information content (AvgIpc) is 1.53. The molecule has 0 radical (unpaired) electrons. The van der Waals surface area contributed by atoms with Crippen LogP contribution in [-0.4, -0.2) is 24.9 Å². The van der Waals surface area contributed by atoms with E-state index in [2.05, 4.69) is 0 Å². The van der Waals surface area contributed by atoms with E-state index < -0.39 is 22.0 Å². The zero-order valence-corrected chi connectivity index (χ0v) is 10.2. The van der Waals surface area contributed by atoms with E-state index in [9.17, 15) is 13.0 Å². The van der Waals surface area contributed by atoms with Crippen molar-refractivity contribution in [3.8, 4) is 0 Å². The molecule has 5 nitrogen and oxygen atoms in total. The smallest absolute Gasteiger partial charge is 0.748 e. The Morgan fingerprint density at radius 1 is 1.42 bits per heavy atom. The molecular formula is C5H13N2NaO3S. The summed E-state index contributed by atoms with van der Waals surface area (Å²) in [5.74, 6) is -0.657. The first-order chi connectivity index (χ1) is 4.81. The number of rotatable bonds is 4. The SMILES string of the molecule is CC(CC(N)N)CS(=O)(=O)[O-].[Na+]. The van der Waals surface area contributed by atoms with Crippen LogP contribution in [0.1, 0.15) is 13.3 Å². The molecule has 0 heterocycles. The second-order valence-corrected chi connectivity index (χ2v) is 4.18. The first-order valence-corrected chi connectivity index (χ1v) is 4.83. The summed E-state index contributed by atoms with van der Waals surface area (Å²) in [7, 11) is -4.13. The third-order valence-corrected chi connectivity index (χ3v) is 2.14. The molecular weight excluding hydrogens is 191 g/mol. The first-order valence-electron chi connectivity index (χ1n) is 3.26. The van der Waals surface area contributed by atoms with Gasteiger partial charge in [-0.3, -0.25) is 0 Å². The zero-order valence-electron chi connectivity index (χ0n) is 7.36. The Kier molecular flexibility index (Phi) is 8.05. The summed E-state index contributed by atoms with van der Waals surface area (Å²) in [6.07, 6.45) is -0.201. The molecule has 0 spiro atoms. The maximum absolute atomic E-state index is 10.2. The van der Waals surface area contributed by atoms with E-state index in [0.717, 1.165) is 0 Å². The Morgan fingerprint density at radius 2 is 1.83 bits per heavy atom. The van der Waals surface area contributed by atoms with Crippen LogP contribution < -0.4 is 41.0 Å². The van der Waals surface area contributed by atoms with Gasteiger partial charge in [-0.05, 0) is 12.3 Å². The van der Waals surface area contributed by atoms with Gasteiger partial charge in [0.15, 0.2) is 0 Å². The Balaban J connectivity index is 0. The van der Waals surface area contributed by atoms with Gasteiger partial charge >= 0.3 is 29.6 Å². The molecule has 4 N–H and O–H groups in total. The van der Waals surface area contributed by atoms with Crippen molar-refractivity contribution in [1.29, 1.82) is 0 Å².